The second-order valence-corrected chi connectivity index (χ2v) is 6.03. The molecule has 2 N–H and O–H groups in total. The van der Waals surface area contributed by atoms with Gasteiger partial charge in [0, 0.05) is 25.9 Å². The van der Waals surface area contributed by atoms with E-state index in [0.717, 1.165) is 35.6 Å². The molecule has 0 unspecified atom stereocenters. The predicted molar refractivity (Wildman–Crippen MR) is 89.1 cm³/mol. The summed E-state index contributed by atoms with van der Waals surface area (Å²) < 4.78 is 0. The Kier molecular flexibility index (Phi) is 8.31. The quantitative estimate of drug-likeness (QED) is 0.292. The van der Waals surface area contributed by atoms with Gasteiger partial charge in [-0.2, -0.15) is 0 Å². The molecule has 7 nitrogen and oxygen atoms in total. The van der Waals surface area contributed by atoms with E-state index in [1.54, 1.807) is 18.8 Å². The maximum atomic E-state index is 10.4. The normalized spacial score (nSPS) is 11.5. The standard InChI is InChI=1S/C14H23N5O2S/c1-15-13(11-19(20)21)16-8-5-9-22-14-7-4-6-12(17-14)10-18(2)3/h4,6-7,11,15-16H,5,8-10H2,1-3H3. The van der Waals surface area contributed by atoms with Crippen molar-refractivity contribution in [2.75, 3.05) is 33.4 Å². The van der Waals surface area contributed by atoms with Crippen molar-refractivity contribution in [1.82, 2.24) is 20.5 Å². The molecule has 22 heavy (non-hydrogen) atoms. The number of hydrogen-bond acceptors (Lipinski definition) is 7. The number of pyridine rings is 1. The summed E-state index contributed by atoms with van der Waals surface area (Å²) in [4.78, 5) is 16.6. The summed E-state index contributed by atoms with van der Waals surface area (Å²) in [5.74, 6) is 1.32. The van der Waals surface area contributed by atoms with Crippen LogP contribution >= 0.6 is 11.8 Å². The first kappa shape index (κ1) is 18.2. The van der Waals surface area contributed by atoms with Crippen molar-refractivity contribution in [2.45, 2.75) is 18.0 Å². The van der Waals surface area contributed by atoms with E-state index < -0.39 is 4.92 Å². The highest BCUT2D eigenvalue weighted by Crippen LogP contribution is 2.16. The SMILES string of the molecule is CNC(=C[N+](=O)[O-])NCCCSc1cccc(CN(C)C)n1. The van der Waals surface area contributed by atoms with Crippen molar-refractivity contribution >= 4 is 11.8 Å². The van der Waals surface area contributed by atoms with E-state index in [2.05, 4.69) is 20.5 Å². The van der Waals surface area contributed by atoms with Crippen molar-refractivity contribution in [1.29, 1.82) is 0 Å². The van der Waals surface area contributed by atoms with Gasteiger partial charge in [0.25, 0.3) is 6.20 Å². The van der Waals surface area contributed by atoms with E-state index in [9.17, 15) is 10.1 Å². The number of nitrogens with zero attached hydrogens (tertiary/aromatic N) is 3. The molecule has 0 saturated carbocycles. The number of nitrogens with one attached hydrogen (secondary N) is 2. The Bertz CT molecular complexity index is 508. The Balaban J connectivity index is 2.31. The van der Waals surface area contributed by atoms with Crippen LogP contribution in [0.4, 0.5) is 0 Å². The van der Waals surface area contributed by atoms with Crippen LogP contribution in [0, 0.1) is 10.1 Å². The van der Waals surface area contributed by atoms with E-state index in [4.69, 9.17) is 0 Å². The first-order valence-electron chi connectivity index (χ1n) is 7.01. The summed E-state index contributed by atoms with van der Waals surface area (Å²) in [5, 5.41) is 17.1. The summed E-state index contributed by atoms with van der Waals surface area (Å²) >= 11 is 1.69. The average Bonchev–Trinajstić information content (AvgIpc) is 2.45. The predicted octanol–water partition coefficient (Wildman–Crippen LogP) is 1.51. The lowest BCUT2D eigenvalue weighted by Crippen LogP contribution is -2.25. The highest BCUT2D eigenvalue weighted by molar-refractivity contribution is 7.99. The highest BCUT2D eigenvalue weighted by Gasteiger charge is 2.02. The smallest absolute Gasteiger partial charge is 0.274 e. The Morgan fingerprint density at radius 2 is 2.27 bits per heavy atom. The lowest BCUT2D eigenvalue weighted by molar-refractivity contribution is -0.404. The summed E-state index contributed by atoms with van der Waals surface area (Å²) in [7, 11) is 5.69. The monoisotopic (exact) mass is 325 g/mol. The first-order valence-corrected chi connectivity index (χ1v) is 8.00. The van der Waals surface area contributed by atoms with Gasteiger partial charge in [-0.15, -0.1) is 11.8 Å². The van der Waals surface area contributed by atoms with Crippen LogP contribution < -0.4 is 10.6 Å². The molecule has 1 heterocycles. The summed E-state index contributed by atoms with van der Waals surface area (Å²) in [6.07, 6.45) is 1.82. The van der Waals surface area contributed by atoms with Gasteiger partial charge in [-0.3, -0.25) is 10.1 Å². The number of rotatable bonds is 10. The van der Waals surface area contributed by atoms with Gasteiger partial charge >= 0.3 is 0 Å². The largest absolute Gasteiger partial charge is 0.370 e. The van der Waals surface area contributed by atoms with Crippen LogP contribution in [-0.2, 0) is 6.54 Å². The van der Waals surface area contributed by atoms with Crippen molar-refractivity contribution in [3.05, 3.63) is 46.0 Å². The molecule has 0 fully saturated rings. The highest BCUT2D eigenvalue weighted by atomic mass is 32.2. The fraction of sp³-hybridized carbons (Fsp3) is 0.500. The maximum absolute atomic E-state index is 10.4. The van der Waals surface area contributed by atoms with E-state index >= 15 is 0 Å². The molecule has 8 heteroatoms. The Hall–Kier alpha value is -1.80. The number of aromatic nitrogens is 1. The van der Waals surface area contributed by atoms with Crippen LogP contribution in [0.15, 0.2) is 35.2 Å². The summed E-state index contributed by atoms with van der Waals surface area (Å²) in [6.45, 7) is 1.50. The van der Waals surface area contributed by atoms with Gasteiger partial charge in [0.1, 0.15) is 0 Å². The van der Waals surface area contributed by atoms with Crippen LogP contribution in [0.3, 0.4) is 0 Å². The van der Waals surface area contributed by atoms with Crippen LogP contribution in [0.1, 0.15) is 12.1 Å². The molecule has 1 aromatic heterocycles. The Morgan fingerprint density at radius 1 is 1.50 bits per heavy atom. The van der Waals surface area contributed by atoms with Gasteiger partial charge < -0.3 is 15.5 Å². The number of nitro groups is 1. The average molecular weight is 325 g/mol. The summed E-state index contributed by atoms with van der Waals surface area (Å²) in [5.41, 5.74) is 1.06. The fourth-order valence-corrected chi connectivity index (χ4v) is 2.58. The van der Waals surface area contributed by atoms with E-state index in [0.29, 0.717) is 12.4 Å². The molecule has 0 aliphatic carbocycles. The molecule has 0 saturated heterocycles. The minimum atomic E-state index is -0.478. The lowest BCUT2D eigenvalue weighted by atomic mass is 10.3. The molecule has 1 rings (SSSR count). The van der Waals surface area contributed by atoms with Gasteiger partial charge in [-0.05, 0) is 32.6 Å². The zero-order valence-electron chi connectivity index (χ0n) is 13.2. The Labute approximate surface area is 135 Å². The lowest BCUT2D eigenvalue weighted by Gasteiger charge is -2.10. The third-order valence-corrected chi connectivity index (χ3v) is 3.67. The van der Waals surface area contributed by atoms with Gasteiger partial charge in [0.05, 0.1) is 15.6 Å². The third kappa shape index (κ3) is 7.84. The number of thioether (sulfide) groups is 1. The molecule has 0 atom stereocenters. The van der Waals surface area contributed by atoms with Crippen LogP contribution in [0.25, 0.3) is 0 Å². The molecular weight excluding hydrogens is 302 g/mol. The fourth-order valence-electron chi connectivity index (χ4n) is 1.73. The first-order chi connectivity index (χ1) is 10.5. The zero-order valence-corrected chi connectivity index (χ0v) is 14.0. The van der Waals surface area contributed by atoms with E-state index in [1.165, 1.54) is 0 Å². The van der Waals surface area contributed by atoms with Crippen LogP contribution in [0.2, 0.25) is 0 Å². The molecule has 0 spiro atoms. The Morgan fingerprint density at radius 3 is 2.91 bits per heavy atom. The molecule has 122 valence electrons. The molecule has 0 aromatic carbocycles. The summed E-state index contributed by atoms with van der Waals surface area (Å²) in [6, 6.07) is 6.04. The van der Waals surface area contributed by atoms with Crippen molar-refractivity contribution in [3.8, 4) is 0 Å². The van der Waals surface area contributed by atoms with Gasteiger partial charge in [-0.25, -0.2) is 4.98 Å². The molecular formula is C14H23N5O2S. The van der Waals surface area contributed by atoms with Crippen LogP contribution in [0.5, 0.6) is 0 Å². The number of hydrogen-bond donors (Lipinski definition) is 2. The second kappa shape index (κ2) is 10.0. The topological polar surface area (TPSA) is 83.3 Å². The molecule has 0 bridgehead atoms. The third-order valence-electron chi connectivity index (χ3n) is 2.65. The minimum absolute atomic E-state index is 0.418. The zero-order chi connectivity index (χ0) is 16.4. The van der Waals surface area contributed by atoms with Crippen LogP contribution in [-0.4, -0.2) is 48.2 Å². The minimum Gasteiger partial charge on any atom is -0.370 e. The van der Waals surface area contributed by atoms with Gasteiger partial charge in [0.15, 0.2) is 5.82 Å². The molecule has 0 amide bonds. The van der Waals surface area contributed by atoms with Crippen molar-refractivity contribution < 1.29 is 4.92 Å². The van der Waals surface area contributed by atoms with E-state index in [1.807, 2.05) is 32.3 Å². The maximum Gasteiger partial charge on any atom is 0.274 e. The molecule has 1 aromatic rings. The molecule has 0 radical (unpaired) electrons. The van der Waals surface area contributed by atoms with Gasteiger partial charge in [0.2, 0.25) is 0 Å². The second-order valence-electron chi connectivity index (χ2n) is 4.91. The molecule has 0 aliphatic rings. The van der Waals surface area contributed by atoms with Crippen molar-refractivity contribution in [3.63, 3.8) is 0 Å². The van der Waals surface area contributed by atoms with Crippen molar-refractivity contribution in [2.24, 2.45) is 0 Å². The van der Waals surface area contributed by atoms with E-state index in [-0.39, 0.29) is 0 Å². The van der Waals surface area contributed by atoms with Gasteiger partial charge in [-0.1, -0.05) is 6.07 Å². The molecule has 0 aliphatic heterocycles.